The Morgan fingerprint density at radius 1 is 1.19 bits per heavy atom. The SMILES string of the molecule is CC(C)Oc1ncccc1NC(C)C(C)C. The van der Waals surface area contributed by atoms with E-state index in [0.717, 1.165) is 5.69 Å². The zero-order valence-corrected chi connectivity index (χ0v) is 10.8. The molecule has 1 atom stereocenters. The lowest BCUT2D eigenvalue weighted by Gasteiger charge is -2.21. The molecule has 1 rings (SSSR count). The fourth-order valence-corrected chi connectivity index (χ4v) is 1.23. The van der Waals surface area contributed by atoms with Gasteiger partial charge in [0.2, 0.25) is 5.88 Å². The smallest absolute Gasteiger partial charge is 0.237 e. The third-order valence-corrected chi connectivity index (χ3v) is 2.50. The second-order valence-electron chi connectivity index (χ2n) is 4.70. The van der Waals surface area contributed by atoms with Gasteiger partial charge in [-0.3, -0.25) is 0 Å². The summed E-state index contributed by atoms with van der Waals surface area (Å²) in [7, 11) is 0. The molecule has 3 heteroatoms. The molecule has 16 heavy (non-hydrogen) atoms. The number of ether oxygens (including phenoxy) is 1. The Morgan fingerprint density at radius 2 is 1.88 bits per heavy atom. The molecule has 0 saturated carbocycles. The lowest BCUT2D eigenvalue weighted by atomic mass is 10.1. The molecule has 3 nitrogen and oxygen atoms in total. The fourth-order valence-electron chi connectivity index (χ4n) is 1.23. The van der Waals surface area contributed by atoms with Crippen LogP contribution in [0, 0.1) is 5.92 Å². The lowest BCUT2D eigenvalue weighted by Crippen LogP contribution is -2.22. The van der Waals surface area contributed by atoms with Crippen molar-refractivity contribution in [2.75, 3.05) is 5.32 Å². The van der Waals surface area contributed by atoms with Crippen molar-refractivity contribution in [3.05, 3.63) is 18.3 Å². The first-order valence-corrected chi connectivity index (χ1v) is 5.89. The van der Waals surface area contributed by atoms with E-state index in [0.29, 0.717) is 17.8 Å². The average molecular weight is 222 g/mol. The number of rotatable bonds is 5. The molecule has 0 fully saturated rings. The fraction of sp³-hybridized carbons (Fsp3) is 0.615. The molecule has 1 aromatic heterocycles. The van der Waals surface area contributed by atoms with Crippen LogP contribution in [0.25, 0.3) is 0 Å². The molecule has 0 saturated heterocycles. The number of nitrogens with one attached hydrogen (secondary N) is 1. The van der Waals surface area contributed by atoms with Crippen LogP contribution < -0.4 is 10.1 Å². The predicted octanol–water partition coefficient (Wildman–Crippen LogP) is 3.33. The van der Waals surface area contributed by atoms with Gasteiger partial charge in [-0.15, -0.1) is 0 Å². The summed E-state index contributed by atoms with van der Waals surface area (Å²) in [6.45, 7) is 10.6. The second-order valence-corrected chi connectivity index (χ2v) is 4.70. The normalized spacial score (nSPS) is 12.9. The van der Waals surface area contributed by atoms with Gasteiger partial charge in [-0.25, -0.2) is 4.98 Å². The molecule has 1 aromatic rings. The van der Waals surface area contributed by atoms with Crippen LogP contribution in [0.2, 0.25) is 0 Å². The van der Waals surface area contributed by atoms with Gasteiger partial charge in [-0.1, -0.05) is 13.8 Å². The minimum atomic E-state index is 0.143. The summed E-state index contributed by atoms with van der Waals surface area (Å²) in [5.74, 6) is 1.26. The van der Waals surface area contributed by atoms with Gasteiger partial charge in [0.25, 0.3) is 0 Å². The monoisotopic (exact) mass is 222 g/mol. The molecule has 0 aliphatic carbocycles. The van der Waals surface area contributed by atoms with Crippen molar-refractivity contribution in [1.82, 2.24) is 4.98 Å². The Kier molecular flexibility index (Phi) is 4.59. The number of hydrogen-bond acceptors (Lipinski definition) is 3. The molecule has 1 unspecified atom stereocenters. The summed E-state index contributed by atoms with van der Waals surface area (Å²) in [6.07, 6.45) is 1.90. The van der Waals surface area contributed by atoms with Gasteiger partial charge < -0.3 is 10.1 Å². The minimum Gasteiger partial charge on any atom is -0.473 e. The van der Waals surface area contributed by atoms with Crippen molar-refractivity contribution in [2.24, 2.45) is 5.92 Å². The maximum absolute atomic E-state index is 5.65. The van der Waals surface area contributed by atoms with Crippen molar-refractivity contribution in [1.29, 1.82) is 0 Å². The number of anilines is 1. The third-order valence-electron chi connectivity index (χ3n) is 2.50. The first-order valence-electron chi connectivity index (χ1n) is 5.89. The molecule has 0 aromatic carbocycles. The summed E-state index contributed by atoms with van der Waals surface area (Å²) in [6, 6.07) is 4.32. The molecule has 0 bridgehead atoms. The number of nitrogens with zero attached hydrogens (tertiary/aromatic N) is 1. The Bertz CT molecular complexity index is 323. The minimum absolute atomic E-state index is 0.143. The molecular weight excluding hydrogens is 200 g/mol. The largest absolute Gasteiger partial charge is 0.473 e. The van der Waals surface area contributed by atoms with Gasteiger partial charge in [-0.05, 0) is 38.8 Å². The van der Waals surface area contributed by atoms with Gasteiger partial charge in [0.05, 0.1) is 11.8 Å². The highest BCUT2D eigenvalue weighted by atomic mass is 16.5. The second kappa shape index (κ2) is 5.73. The first-order chi connectivity index (χ1) is 7.50. The van der Waals surface area contributed by atoms with Gasteiger partial charge in [0.15, 0.2) is 0 Å². The summed E-state index contributed by atoms with van der Waals surface area (Å²) in [5.41, 5.74) is 0.970. The number of pyridine rings is 1. The van der Waals surface area contributed by atoms with Crippen LogP contribution in [0.15, 0.2) is 18.3 Å². The molecule has 1 N–H and O–H groups in total. The van der Waals surface area contributed by atoms with Gasteiger partial charge in [0, 0.05) is 12.2 Å². The topological polar surface area (TPSA) is 34.1 Å². The van der Waals surface area contributed by atoms with Gasteiger partial charge in [0.1, 0.15) is 0 Å². The highest BCUT2D eigenvalue weighted by molar-refractivity contribution is 5.52. The van der Waals surface area contributed by atoms with Gasteiger partial charge >= 0.3 is 0 Å². The molecule has 1 heterocycles. The summed E-state index contributed by atoms with van der Waals surface area (Å²) in [4.78, 5) is 4.25. The van der Waals surface area contributed by atoms with Crippen molar-refractivity contribution >= 4 is 5.69 Å². The van der Waals surface area contributed by atoms with Gasteiger partial charge in [-0.2, -0.15) is 0 Å². The van der Waals surface area contributed by atoms with Crippen LogP contribution >= 0.6 is 0 Å². The van der Waals surface area contributed by atoms with E-state index in [9.17, 15) is 0 Å². The first kappa shape index (κ1) is 12.8. The summed E-state index contributed by atoms with van der Waals surface area (Å²) in [5, 5.41) is 3.43. The van der Waals surface area contributed by atoms with E-state index < -0.39 is 0 Å². The van der Waals surface area contributed by atoms with E-state index in [1.165, 1.54) is 0 Å². The van der Waals surface area contributed by atoms with Crippen LogP contribution in [0.5, 0.6) is 5.88 Å². The highest BCUT2D eigenvalue weighted by Gasteiger charge is 2.11. The summed E-state index contributed by atoms with van der Waals surface area (Å²) >= 11 is 0. The van der Waals surface area contributed by atoms with Crippen LogP contribution in [0.1, 0.15) is 34.6 Å². The highest BCUT2D eigenvalue weighted by Crippen LogP contribution is 2.23. The zero-order valence-electron chi connectivity index (χ0n) is 10.8. The Hall–Kier alpha value is -1.25. The van der Waals surface area contributed by atoms with Crippen molar-refractivity contribution in [3.63, 3.8) is 0 Å². The Balaban J connectivity index is 2.78. The molecule has 0 aliphatic heterocycles. The predicted molar refractivity (Wildman–Crippen MR) is 67.9 cm³/mol. The van der Waals surface area contributed by atoms with Crippen molar-refractivity contribution in [3.8, 4) is 5.88 Å². The number of hydrogen-bond donors (Lipinski definition) is 1. The molecule has 0 amide bonds. The summed E-state index contributed by atoms with van der Waals surface area (Å²) < 4.78 is 5.65. The Labute approximate surface area is 98.2 Å². The van der Waals surface area contributed by atoms with Crippen LogP contribution in [-0.2, 0) is 0 Å². The number of aromatic nitrogens is 1. The maximum atomic E-state index is 5.65. The average Bonchev–Trinajstić information content (AvgIpc) is 2.20. The van der Waals surface area contributed by atoms with E-state index in [2.05, 4.69) is 31.1 Å². The quantitative estimate of drug-likeness (QED) is 0.829. The lowest BCUT2D eigenvalue weighted by molar-refractivity contribution is 0.233. The van der Waals surface area contributed by atoms with E-state index >= 15 is 0 Å². The van der Waals surface area contributed by atoms with E-state index in [1.54, 1.807) is 6.20 Å². The van der Waals surface area contributed by atoms with Crippen LogP contribution in [-0.4, -0.2) is 17.1 Å². The van der Waals surface area contributed by atoms with Crippen molar-refractivity contribution in [2.45, 2.75) is 46.8 Å². The molecule has 0 radical (unpaired) electrons. The standard InChI is InChI=1S/C13H22N2O/c1-9(2)11(5)15-12-7-6-8-14-13(12)16-10(3)4/h6-11,15H,1-5H3. The van der Waals surface area contributed by atoms with Crippen LogP contribution in [0.3, 0.4) is 0 Å². The zero-order chi connectivity index (χ0) is 12.1. The van der Waals surface area contributed by atoms with E-state index in [-0.39, 0.29) is 6.10 Å². The van der Waals surface area contributed by atoms with Crippen molar-refractivity contribution < 1.29 is 4.74 Å². The molecule has 0 aliphatic rings. The maximum Gasteiger partial charge on any atom is 0.237 e. The third kappa shape index (κ3) is 3.72. The Morgan fingerprint density at radius 3 is 2.44 bits per heavy atom. The van der Waals surface area contributed by atoms with Crippen LogP contribution in [0.4, 0.5) is 5.69 Å². The molecule has 0 spiro atoms. The molecular formula is C13H22N2O. The van der Waals surface area contributed by atoms with E-state index in [1.807, 2.05) is 26.0 Å². The van der Waals surface area contributed by atoms with E-state index in [4.69, 9.17) is 4.74 Å². The molecule has 90 valence electrons.